The second kappa shape index (κ2) is 7.59. The number of carbonyl (C=O) groups is 2. The van der Waals surface area contributed by atoms with E-state index in [1.54, 1.807) is 12.1 Å². The van der Waals surface area contributed by atoms with Crippen molar-refractivity contribution in [3.05, 3.63) is 29.5 Å². The van der Waals surface area contributed by atoms with Crippen molar-refractivity contribution in [3.8, 4) is 5.75 Å². The predicted molar refractivity (Wildman–Crippen MR) is 100 cm³/mol. The smallest absolute Gasteiger partial charge is 0.255 e. The minimum absolute atomic E-state index is 0.230. The van der Waals surface area contributed by atoms with Crippen molar-refractivity contribution in [3.63, 3.8) is 0 Å². The molecule has 0 radical (unpaired) electrons. The Hall–Kier alpha value is -2.83. The predicted octanol–water partition coefficient (Wildman–Crippen LogP) is 2.25. The van der Waals surface area contributed by atoms with E-state index in [1.165, 1.54) is 13.3 Å². The van der Waals surface area contributed by atoms with Crippen LogP contribution in [-0.4, -0.2) is 36.5 Å². The zero-order chi connectivity index (χ0) is 18.7. The van der Waals surface area contributed by atoms with E-state index in [-0.39, 0.29) is 17.9 Å². The molecule has 1 aromatic carbocycles. The molecule has 0 spiro atoms. The zero-order valence-electron chi connectivity index (χ0n) is 15.1. The zero-order valence-corrected chi connectivity index (χ0v) is 15.1. The van der Waals surface area contributed by atoms with Gasteiger partial charge in [0, 0.05) is 30.2 Å². The summed E-state index contributed by atoms with van der Waals surface area (Å²) in [6, 6.07) is 3.54. The Morgan fingerprint density at radius 3 is 2.69 bits per heavy atom. The number of carbonyl (C=O) groups excluding carboxylic acids is 2. The van der Waals surface area contributed by atoms with E-state index in [4.69, 9.17) is 10.5 Å². The van der Waals surface area contributed by atoms with E-state index in [0.717, 1.165) is 25.7 Å². The molecule has 7 nitrogen and oxygen atoms in total. The van der Waals surface area contributed by atoms with Crippen LogP contribution in [0.15, 0.2) is 18.3 Å². The number of ether oxygens (including phenoxy) is 1. The van der Waals surface area contributed by atoms with Gasteiger partial charge in [-0.15, -0.1) is 0 Å². The Labute approximate surface area is 152 Å². The minimum Gasteiger partial charge on any atom is -0.496 e. The Morgan fingerprint density at radius 1 is 1.27 bits per heavy atom. The minimum atomic E-state index is -0.232. The molecule has 0 aliphatic heterocycles. The molecule has 2 amide bonds. The summed E-state index contributed by atoms with van der Waals surface area (Å²) in [7, 11) is 1.50. The van der Waals surface area contributed by atoms with Crippen LogP contribution in [-0.2, 0) is 0 Å². The third-order valence-corrected chi connectivity index (χ3v) is 4.45. The molecule has 1 saturated carbocycles. The Kier molecular flexibility index (Phi) is 5.25. The number of nitrogen functional groups attached to an aromatic ring is 1. The third kappa shape index (κ3) is 3.71. The average Bonchev–Trinajstić information content (AvgIpc) is 3.45. The fourth-order valence-electron chi connectivity index (χ4n) is 2.73. The molecule has 0 saturated heterocycles. The van der Waals surface area contributed by atoms with E-state index < -0.39 is 0 Å². The number of anilines is 1. The lowest BCUT2D eigenvalue weighted by atomic mass is 10.0. The Morgan fingerprint density at radius 2 is 2.04 bits per heavy atom. The first-order valence-corrected chi connectivity index (χ1v) is 8.90. The van der Waals surface area contributed by atoms with Crippen LogP contribution in [0.3, 0.4) is 0 Å². The van der Waals surface area contributed by atoms with E-state index in [2.05, 4.69) is 22.5 Å². The number of rotatable bonds is 7. The highest BCUT2D eigenvalue weighted by molar-refractivity contribution is 6.09. The lowest BCUT2D eigenvalue weighted by molar-refractivity contribution is 0.0943. The van der Waals surface area contributed by atoms with Crippen molar-refractivity contribution in [2.24, 2.45) is 0 Å². The van der Waals surface area contributed by atoms with Gasteiger partial charge in [-0.1, -0.05) is 13.3 Å². The summed E-state index contributed by atoms with van der Waals surface area (Å²) in [4.78, 5) is 29.2. The second-order valence-electron chi connectivity index (χ2n) is 6.51. The number of amides is 2. The number of benzene rings is 1. The molecule has 4 N–H and O–H groups in total. The molecule has 0 atom stereocenters. The fourth-order valence-corrected chi connectivity index (χ4v) is 2.73. The van der Waals surface area contributed by atoms with Gasteiger partial charge in [-0.05, 0) is 25.3 Å². The number of fused-ring (bicyclic) bond motifs is 1. The molecule has 0 bridgehead atoms. The maximum atomic E-state index is 12.5. The SMILES string of the molecule is CCCCNC(=O)c1cc2c(N)c(C(=O)NC3CC3)cnc2cc1OC. The monoisotopic (exact) mass is 356 g/mol. The summed E-state index contributed by atoms with van der Waals surface area (Å²) in [5.41, 5.74) is 7.82. The first-order valence-electron chi connectivity index (χ1n) is 8.90. The molecule has 3 rings (SSSR count). The van der Waals surface area contributed by atoms with E-state index in [1.807, 2.05) is 0 Å². The van der Waals surface area contributed by atoms with Crippen LogP contribution in [0.5, 0.6) is 5.75 Å². The van der Waals surface area contributed by atoms with Gasteiger partial charge >= 0.3 is 0 Å². The number of aromatic nitrogens is 1. The normalized spacial score (nSPS) is 13.5. The van der Waals surface area contributed by atoms with E-state index in [0.29, 0.717) is 40.0 Å². The molecule has 138 valence electrons. The van der Waals surface area contributed by atoms with Crippen molar-refractivity contribution in [2.45, 2.75) is 38.6 Å². The summed E-state index contributed by atoms with van der Waals surface area (Å²) < 4.78 is 5.34. The maximum Gasteiger partial charge on any atom is 0.255 e. The summed E-state index contributed by atoms with van der Waals surface area (Å²) in [6.45, 7) is 2.65. The quantitative estimate of drug-likeness (QED) is 0.660. The van der Waals surface area contributed by atoms with Crippen LogP contribution in [0.25, 0.3) is 10.9 Å². The first-order chi connectivity index (χ1) is 12.5. The maximum absolute atomic E-state index is 12.5. The van der Waals surface area contributed by atoms with Gasteiger partial charge in [0.2, 0.25) is 0 Å². The number of hydrogen-bond acceptors (Lipinski definition) is 5. The largest absolute Gasteiger partial charge is 0.496 e. The van der Waals surface area contributed by atoms with Crippen molar-refractivity contribution in [1.29, 1.82) is 0 Å². The van der Waals surface area contributed by atoms with Crippen molar-refractivity contribution in [1.82, 2.24) is 15.6 Å². The molecular weight excluding hydrogens is 332 g/mol. The molecule has 1 aliphatic rings. The fraction of sp³-hybridized carbons (Fsp3) is 0.421. The van der Waals surface area contributed by atoms with Crippen molar-refractivity contribution < 1.29 is 14.3 Å². The van der Waals surface area contributed by atoms with Crippen LogP contribution < -0.4 is 21.1 Å². The lowest BCUT2D eigenvalue weighted by Crippen LogP contribution is -2.26. The number of nitrogens with one attached hydrogen (secondary N) is 2. The topological polar surface area (TPSA) is 106 Å². The molecular formula is C19H24N4O3. The average molecular weight is 356 g/mol. The van der Waals surface area contributed by atoms with Gasteiger partial charge in [-0.2, -0.15) is 0 Å². The highest BCUT2D eigenvalue weighted by atomic mass is 16.5. The van der Waals surface area contributed by atoms with Gasteiger partial charge in [0.25, 0.3) is 11.8 Å². The molecule has 1 aliphatic carbocycles. The van der Waals surface area contributed by atoms with Crippen molar-refractivity contribution >= 4 is 28.4 Å². The van der Waals surface area contributed by atoms with Crippen LogP contribution in [0.4, 0.5) is 5.69 Å². The third-order valence-electron chi connectivity index (χ3n) is 4.45. The molecule has 0 unspecified atom stereocenters. The summed E-state index contributed by atoms with van der Waals surface area (Å²) >= 11 is 0. The number of nitrogens with zero attached hydrogens (tertiary/aromatic N) is 1. The highest BCUT2D eigenvalue weighted by Gasteiger charge is 2.25. The summed E-state index contributed by atoms with van der Waals surface area (Å²) in [5.74, 6) is -0.0396. The van der Waals surface area contributed by atoms with Gasteiger partial charge < -0.3 is 21.1 Å². The number of methoxy groups -OCH3 is 1. The standard InChI is InChI=1S/C19H24N4O3/c1-3-4-7-21-18(24)13-8-12-15(9-16(13)26-2)22-10-14(17(12)20)19(25)23-11-5-6-11/h8-11H,3-7H2,1-2H3,(H2,20,22)(H,21,24)(H,23,25). The number of pyridine rings is 1. The highest BCUT2D eigenvalue weighted by Crippen LogP contribution is 2.30. The van der Waals surface area contributed by atoms with Crippen LogP contribution in [0.1, 0.15) is 53.3 Å². The Bertz CT molecular complexity index is 846. The van der Waals surface area contributed by atoms with Gasteiger partial charge in [0.05, 0.1) is 29.4 Å². The molecule has 1 aromatic heterocycles. The first kappa shape index (κ1) is 18.0. The molecule has 1 fully saturated rings. The molecule has 7 heteroatoms. The summed E-state index contributed by atoms with van der Waals surface area (Å²) in [6.07, 6.45) is 5.34. The van der Waals surface area contributed by atoms with Gasteiger partial charge in [-0.3, -0.25) is 14.6 Å². The van der Waals surface area contributed by atoms with Crippen LogP contribution in [0.2, 0.25) is 0 Å². The lowest BCUT2D eigenvalue weighted by Gasteiger charge is -2.13. The number of hydrogen-bond donors (Lipinski definition) is 3. The summed E-state index contributed by atoms with van der Waals surface area (Å²) in [5, 5.41) is 6.34. The molecule has 26 heavy (non-hydrogen) atoms. The molecule has 2 aromatic rings. The van der Waals surface area contributed by atoms with E-state index >= 15 is 0 Å². The second-order valence-corrected chi connectivity index (χ2v) is 6.51. The van der Waals surface area contributed by atoms with Gasteiger partial charge in [-0.25, -0.2) is 0 Å². The Balaban J connectivity index is 1.97. The number of unbranched alkanes of at least 4 members (excludes halogenated alkanes) is 1. The van der Waals surface area contributed by atoms with E-state index in [9.17, 15) is 9.59 Å². The number of nitrogens with two attached hydrogens (primary N) is 1. The van der Waals surface area contributed by atoms with Crippen LogP contribution >= 0.6 is 0 Å². The van der Waals surface area contributed by atoms with Crippen molar-refractivity contribution in [2.75, 3.05) is 19.4 Å². The molecule has 1 heterocycles. The van der Waals surface area contributed by atoms with Gasteiger partial charge in [0.1, 0.15) is 5.75 Å². The van der Waals surface area contributed by atoms with Gasteiger partial charge in [0.15, 0.2) is 0 Å². The van der Waals surface area contributed by atoms with Crippen LogP contribution in [0, 0.1) is 0 Å².